The first kappa shape index (κ1) is 22.9. The Morgan fingerprint density at radius 2 is 2.16 bits per heavy atom. The number of hydrogen-bond acceptors (Lipinski definition) is 7. The zero-order chi connectivity index (χ0) is 22.7. The molecule has 1 saturated heterocycles. The zero-order valence-corrected chi connectivity index (χ0v) is 19.8. The van der Waals surface area contributed by atoms with E-state index >= 15 is 0 Å². The van der Waals surface area contributed by atoms with Gasteiger partial charge < -0.3 is 20.3 Å². The molecule has 0 unspecified atom stereocenters. The van der Waals surface area contributed by atoms with Crippen LogP contribution in [0.4, 0.5) is 11.5 Å². The summed E-state index contributed by atoms with van der Waals surface area (Å²) in [5.74, 6) is 0.843. The number of halogens is 1. The van der Waals surface area contributed by atoms with Gasteiger partial charge in [-0.05, 0) is 37.6 Å². The number of fused-ring (bicyclic) bond motifs is 1. The summed E-state index contributed by atoms with van der Waals surface area (Å²) in [6, 6.07) is 9.38. The summed E-state index contributed by atoms with van der Waals surface area (Å²) in [6.45, 7) is 7.95. The van der Waals surface area contributed by atoms with E-state index in [0.717, 1.165) is 43.1 Å². The van der Waals surface area contributed by atoms with Gasteiger partial charge in [-0.1, -0.05) is 29.4 Å². The Labute approximate surface area is 197 Å². The summed E-state index contributed by atoms with van der Waals surface area (Å²) < 4.78 is 6.06. The molecule has 0 atom stereocenters. The number of ether oxygens (including phenoxy) is 1. The molecule has 3 heterocycles. The van der Waals surface area contributed by atoms with Gasteiger partial charge >= 0.3 is 0 Å². The number of nitrogens with one attached hydrogen (secondary N) is 2. The molecule has 2 N–H and O–H groups in total. The molecule has 2 aliphatic rings. The molecule has 0 aliphatic carbocycles. The summed E-state index contributed by atoms with van der Waals surface area (Å²) in [6.07, 6.45) is 0.634. The van der Waals surface area contributed by atoms with Gasteiger partial charge in [0.1, 0.15) is 16.9 Å². The average Bonchev–Trinajstić information content (AvgIpc) is 2.77. The van der Waals surface area contributed by atoms with Gasteiger partial charge in [-0.2, -0.15) is 5.26 Å². The van der Waals surface area contributed by atoms with Crippen molar-refractivity contribution >= 4 is 40.8 Å². The van der Waals surface area contributed by atoms with Gasteiger partial charge in [-0.3, -0.25) is 4.79 Å². The number of carbonyl (C=O) groups excluding carboxylic acids is 1. The Bertz CT molecular complexity index is 1060. The molecule has 1 amide bonds. The molecule has 0 radical (unpaired) electrons. The number of aromatic nitrogens is 1. The Morgan fingerprint density at radius 1 is 1.38 bits per heavy atom. The maximum atomic E-state index is 12.6. The number of piperazine rings is 1. The van der Waals surface area contributed by atoms with Crippen LogP contribution in [0.1, 0.15) is 30.5 Å². The van der Waals surface area contributed by atoms with Crippen LogP contribution in [-0.2, 0) is 22.6 Å². The number of nitrogens with zero attached hydrogens (tertiary/aromatic N) is 3. The lowest BCUT2D eigenvalue weighted by molar-refractivity contribution is -0.113. The minimum Gasteiger partial charge on any atom is -0.370 e. The Morgan fingerprint density at radius 3 is 2.88 bits per heavy atom. The summed E-state index contributed by atoms with van der Waals surface area (Å²) in [4.78, 5) is 19.7. The normalized spacial score (nSPS) is 17.4. The number of pyridine rings is 1. The highest BCUT2D eigenvalue weighted by Crippen LogP contribution is 2.38. The van der Waals surface area contributed by atoms with E-state index in [1.54, 1.807) is 24.3 Å². The third-order valence-corrected chi connectivity index (χ3v) is 6.75. The van der Waals surface area contributed by atoms with Crippen LogP contribution in [0.2, 0.25) is 5.02 Å². The number of amides is 1. The molecule has 0 bridgehead atoms. The predicted molar refractivity (Wildman–Crippen MR) is 127 cm³/mol. The van der Waals surface area contributed by atoms with Gasteiger partial charge in [0.2, 0.25) is 5.91 Å². The fourth-order valence-electron chi connectivity index (χ4n) is 3.98. The number of benzene rings is 1. The van der Waals surface area contributed by atoms with E-state index < -0.39 is 0 Å². The van der Waals surface area contributed by atoms with E-state index in [9.17, 15) is 10.1 Å². The Hall–Kier alpha value is -2.31. The molecule has 2 aromatic rings. The molecule has 168 valence electrons. The lowest BCUT2D eigenvalue weighted by Gasteiger charge is -2.37. The summed E-state index contributed by atoms with van der Waals surface area (Å²) in [7, 11) is 0. The fourth-order valence-corrected chi connectivity index (χ4v) is 4.98. The van der Waals surface area contributed by atoms with Crippen LogP contribution in [0.3, 0.4) is 0 Å². The van der Waals surface area contributed by atoms with Crippen molar-refractivity contribution < 1.29 is 9.53 Å². The van der Waals surface area contributed by atoms with Crippen molar-refractivity contribution in [3.63, 3.8) is 0 Å². The van der Waals surface area contributed by atoms with Crippen LogP contribution >= 0.6 is 23.4 Å². The maximum Gasteiger partial charge on any atom is 0.234 e. The monoisotopic (exact) mass is 471 g/mol. The van der Waals surface area contributed by atoms with Crippen LogP contribution in [0.25, 0.3) is 0 Å². The fraction of sp³-hybridized carbons (Fsp3) is 0.435. The highest BCUT2D eigenvalue weighted by molar-refractivity contribution is 8.00. The Balaban J connectivity index is 1.62. The van der Waals surface area contributed by atoms with Crippen molar-refractivity contribution in [2.75, 3.05) is 42.1 Å². The van der Waals surface area contributed by atoms with Gasteiger partial charge in [0.15, 0.2) is 0 Å². The quantitative estimate of drug-likeness (QED) is 0.644. The maximum absolute atomic E-state index is 12.6. The van der Waals surface area contributed by atoms with Crippen LogP contribution in [0.5, 0.6) is 0 Å². The van der Waals surface area contributed by atoms with Crippen LogP contribution < -0.4 is 15.5 Å². The molecule has 9 heteroatoms. The SMILES string of the molecule is CC1(C)Cc2c(C#N)c(SCC(=O)Nc3cccc(Cl)c3)nc(N3CCNCC3)c2CO1. The van der Waals surface area contributed by atoms with Gasteiger partial charge in [0.05, 0.1) is 23.5 Å². The number of thioether (sulfide) groups is 1. The number of carbonyl (C=O) groups is 1. The molecule has 1 aromatic heterocycles. The van der Waals surface area contributed by atoms with E-state index in [1.807, 2.05) is 13.8 Å². The third kappa shape index (κ3) is 5.18. The van der Waals surface area contributed by atoms with Gasteiger partial charge in [0, 0.05) is 48.9 Å². The molecule has 1 fully saturated rings. The second-order valence-corrected chi connectivity index (χ2v) is 9.89. The first-order valence-corrected chi connectivity index (χ1v) is 12.0. The molecular formula is C23H26ClN5O2S. The third-order valence-electron chi connectivity index (χ3n) is 5.54. The molecule has 2 aliphatic heterocycles. The standard InChI is InChI=1S/C23H26ClN5O2S/c1-23(2)11-17-18(12-25)22(32-14-20(30)27-16-5-3-4-15(24)10-16)28-21(19(17)13-31-23)29-8-6-26-7-9-29/h3-5,10,26H,6-9,11,13-14H2,1-2H3,(H,27,30). The largest absolute Gasteiger partial charge is 0.370 e. The molecule has 0 saturated carbocycles. The minimum atomic E-state index is -0.355. The van der Waals surface area contributed by atoms with Gasteiger partial charge in [-0.15, -0.1) is 0 Å². The van der Waals surface area contributed by atoms with Gasteiger partial charge in [0.25, 0.3) is 0 Å². The molecule has 1 aromatic carbocycles. The van der Waals surface area contributed by atoms with Crippen LogP contribution in [0, 0.1) is 11.3 Å². The molecule has 4 rings (SSSR count). The number of anilines is 2. The first-order chi connectivity index (χ1) is 15.4. The van der Waals surface area contributed by atoms with E-state index in [2.05, 4.69) is 21.6 Å². The van der Waals surface area contributed by atoms with Crippen molar-refractivity contribution in [2.45, 2.75) is 37.5 Å². The second kappa shape index (κ2) is 9.67. The van der Waals surface area contributed by atoms with Crippen LogP contribution in [-0.4, -0.2) is 48.4 Å². The average molecular weight is 472 g/mol. The lowest BCUT2D eigenvalue weighted by atomic mass is 9.89. The van der Waals surface area contributed by atoms with Gasteiger partial charge in [-0.25, -0.2) is 4.98 Å². The second-order valence-electron chi connectivity index (χ2n) is 8.49. The summed E-state index contributed by atoms with van der Waals surface area (Å²) >= 11 is 7.29. The van der Waals surface area contributed by atoms with Crippen molar-refractivity contribution in [3.8, 4) is 6.07 Å². The van der Waals surface area contributed by atoms with Crippen LogP contribution in [0.15, 0.2) is 29.3 Å². The number of nitriles is 1. The summed E-state index contributed by atoms with van der Waals surface area (Å²) in [5, 5.41) is 17.4. The van der Waals surface area contributed by atoms with E-state index in [-0.39, 0.29) is 17.3 Å². The highest BCUT2D eigenvalue weighted by Gasteiger charge is 2.33. The van der Waals surface area contributed by atoms with Crippen molar-refractivity contribution in [1.82, 2.24) is 10.3 Å². The smallest absolute Gasteiger partial charge is 0.234 e. The predicted octanol–water partition coefficient (Wildman–Crippen LogP) is 3.60. The molecular weight excluding hydrogens is 446 g/mol. The van der Waals surface area contributed by atoms with Crippen molar-refractivity contribution in [1.29, 1.82) is 5.26 Å². The zero-order valence-electron chi connectivity index (χ0n) is 18.2. The molecule has 0 spiro atoms. The van der Waals surface area contributed by atoms with E-state index in [4.69, 9.17) is 21.3 Å². The lowest BCUT2D eigenvalue weighted by Crippen LogP contribution is -2.45. The first-order valence-electron chi connectivity index (χ1n) is 10.6. The van der Waals surface area contributed by atoms with Crippen molar-refractivity contribution in [3.05, 3.63) is 46.0 Å². The van der Waals surface area contributed by atoms with Crippen molar-refractivity contribution in [2.24, 2.45) is 0 Å². The topological polar surface area (TPSA) is 90.3 Å². The minimum absolute atomic E-state index is 0.147. The number of rotatable bonds is 5. The summed E-state index contributed by atoms with van der Waals surface area (Å²) in [5.41, 5.74) is 2.82. The number of hydrogen-bond donors (Lipinski definition) is 2. The highest BCUT2D eigenvalue weighted by atomic mass is 35.5. The molecule has 32 heavy (non-hydrogen) atoms. The molecule has 7 nitrogen and oxygen atoms in total. The Kier molecular flexibility index (Phi) is 6.91. The van der Waals surface area contributed by atoms with E-state index in [0.29, 0.717) is 34.3 Å². The van der Waals surface area contributed by atoms with E-state index in [1.165, 1.54) is 11.8 Å².